The number of β-amino-alcohol motifs (C(OH)–C–C–N with tert-alkyl or cyclic N) is 1. The highest BCUT2D eigenvalue weighted by atomic mass is 19.1. The number of piperidine rings is 1. The largest absolute Gasteiger partial charge is 0.388 e. The Bertz CT molecular complexity index is 479. The van der Waals surface area contributed by atoms with E-state index in [0.29, 0.717) is 25.4 Å². The van der Waals surface area contributed by atoms with E-state index in [1.54, 1.807) is 0 Å². The Hall–Kier alpha value is -1.20. The van der Waals surface area contributed by atoms with Crippen LogP contribution in [0.2, 0.25) is 0 Å². The molecular formula is C16H26FN3O. The summed E-state index contributed by atoms with van der Waals surface area (Å²) in [7, 11) is 4.02. The molecule has 0 radical (unpaired) electrons. The second-order valence-electron chi connectivity index (χ2n) is 6.41. The first kappa shape index (κ1) is 16.2. The highest BCUT2D eigenvalue weighted by Crippen LogP contribution is 2.27. The zero-order valence-corrected chi connectivity index (χ0v) is 13.4. The lowest BCUT2D eigenvalue weighted by Gasteiger charge is -2.35. The molecule has 21 heavy (non-hydrogen) atoms. The summed E-state index contributed by atoms with van der Waals surface area (Å²) >= 11 is 0. The van der Waals surface area contributed by atoms with E-state index in [1.807, 2.05) is 20.2 Å². The van der Waals surface area contributed by atoms with Gasteiger partial charge in [0.1, 0.15) is 12.3 Å². The standard InChI is InChI=1S/C16H26FN3O/c1-11(2)13-5-6-15(14(18-13)9-19(3)4)20-8-7-12(17)16(21)10-20/h5-6,11-12,16,21H,7-10H2,1-4H3/t12-,16-/m1/s1. The first-order valence-corrected chi connectivity index (χ1v) is 7.60. The number of pyridine rings is 1. The minimum absolute atomic E-state index is 0.338. The predicted molar refractivity (Wildman–Crippen MR) is 83.4 cm³/mol. The number of nitrogens with zero attached hydrogens (tertiary/aromatic N) is 3. The van der Waals surface area contributed by atoms with Crippen molar-refractivity contribution in [1.29, 1.82) is 0 Å². The van der Waals surface area contributed by atoms with E-state index in [1.165, 1.54) is 0 Å². The van der Waals surface area contributed by atoms with Gasteiger partial charge in [0.25, 0.3) is 0 Å². The highest BCUT2D eigenvalue weighted by molar-refractivity contribution is 5.52. The van der Waals surface area contributed by atoms with Gasteiger partial charge in [-0.3, -0.25) is 4.98 Å². The van der Waals surface area contributed by atoms with Crippen LogP contribution in [0.3, 0.4) is 0 Å². The van der Waals surface area contributed by atoms with Crippen molar-refractivity contribution in [3.8, 4) is 0 Å². The van der Waals surface area contributed by atoms with E-state index in [4.69, 9.17) is 4.98 Å². The number of anilines is 1. The van der Waals surface area contributed by atoms with E-state index in [2.05, 4.69) is 29.7 Å². The molecule has 0 saturated carbocycles. The summed E-state index contributed by atoms with van der Waals surface area (Å²) in [6.45, 7) is 5.95. The maximum atomic E-state index is 13.4. The third kappa shape index (κ3) is 3.92. The maximum absolute atomic E-state index is 13.4. The van der Waals surface area contributed by atoms with E-state index in [9.17, 15) is 9.50 Å². The molecule has 1 saturated heterocycles. The van der Waals surface area contributed by atoms with Gasteiger partial charge in [-0.2, -0.15) is 0 Å². The highest BCUT2D eigenvalue weighted by Gasteiger charge is 2.28. The summed E-state index contributed by atoms with van der Waals surface area (Å²) in [5.41, 5.74) is 3.08. The minimum Gasteiger partial charge on any atom is -0.388 e. The molecule has 4 nitrogen and oxygen atoms in total. The predicted octanol–water partition coefficient (Wildman–Crippen LogP) is 2.18. The zero-order chi connectivity index (χ0) is 15.6. The number of aliphatic hydroxyl groups is 1. The Morgan fingerprint density at radius 3 is 2.71 bits per heavy atom. The average Bonchev–Trinajstić information content (AvgIpc) is 2.41. The third-order valence-electron chi connectivity index (χ3n) is 3.87. The summed E-state index contributed by atoms with van der Waals surface area (Å²) in [5, 5.41) is 9.78. The molecule has 2 atom stereocenters. The van der Waals surface area contributed by atoms with Crippen LogP contribution in [0.25, 0.3) is 0 Å². The quantitative estimate of drug-likeness (QED) is 0.924. The molecule has 1 aliphatic rings. The van der Waals surface area contributed by atoms with Crippen molar-refractivity contribution in [3.63, 3.8) is 0 Å². The molecule has 1 aromatic heterocycles. The number of alkyl halides is 1. The van der Waals surface area contributed by atoms with Gasteiger partial charge in [-0.1, -0.05) is 13.8 Å². The van der Waals surface area contributed by atoms with Crippen LogP contribution in [0.1, 0.15) is 37.6 Å². The van der Waals surface area contributed by atoms with Gasteiger partial charge in [0.15, 0.2) is 0 Å². The molecule has 0 aromatic carbocycles. The SMILES string of the molecule is CC(C)c1ccc(N2CC[C@@H](F)[C@H](O)C2)c(CN(C)C)n1. The van der Waals surface area contributed by atoms with E-state index < -0.39 is 12.3 Å². The van der Waals surface area contributed by atoms with Gasteiger partial charge >= 0.3 is 0 Å². The van der Waals surface area contributed by atoms with Crippen LogP contribution in [-0.4, -0.2) is 54.5 Å². The van der Waals surface area contributed by atoms with Gasteiger partial charge < -0.3 is 14.9 Å². The fraction of sp³-hybridized carbons (Fsp3) is 0.688. The Kier molecular flexibility index (Phi) is 5.17. The smallest absolute Gasteiger partial charge is 0.129 e. The van der Waals surface area contributed by atoms with Gasteiger partial charge in [0, 0.05) is 25.3 Å². The Labute approximate surface area is 126 Å². The normalized spacial score (nSPS) is 23.1. The maximum Gasteiger partial charge on any atom is 0.129 e. The number of aromatic nitrogens is 1. The van der Waals surface area contributed by atoms with Crippen molar-refractivity contribution < 1.29 is 9.50 Å². The van der Waals surface area contributed by atoms with Crippen LogP contribution in [0, 0.1) is 0 Å². The van der Waals surface area contributed by atoms with Crippen molar-refractivity contribution >= 4 is 5.69 Å². The monoisotopic (exact) mass is 295 g/mol. The van der Waals surface area contributed by atoms with Crippen LogP contribution >= 0.6 is 0 Å². The first-order valence-electron chi connectivity index (χ1n) is 7.60. The lowest BCUT2D eigenvalue weighted by Crippen LogP contribution is -2.45. The van der Waals surface area contributed by atoms with Crippen molar-refractivity contribution in [1.82, 2.24) is 9.88 Å². The van der Waals surface area contributed by atoms with Gasteiger partial charge in [-0.05, 0) is 38.6 Å². The summed E-state index contributed by atoms with van der Waals surface area (Å²) < 4.78 is 13.4. The molecule has 0 amide bonds. The molecule has 0 bridgehead atoms. The molecule has 2 rings (SSSR count). The second kappa shape index (κ2) is 6.71. The van der Waals surface area contributed by atoms with Crippen molar-refractivity contribution in [2.24, 2.45) is 0 Å². The topological polar surface area (TPSA) is 39.6 Å². The minimum atomic E-state index is -1.11. The number of aliphatic hydroxyl groups excluding tert-OH is 1. The summed E-state index contributed by atoms with van der Waals surface area (Å²) in [5.74, 6) is 0.377. The van der Waals surface area contributed by atoms with E-state index in [-0.39, 0.29) is 0 Å². The average molecular weight is 295 g/mol. The van der Waals surface area contributed by atoms with Crippen LogP contribution in [0.5, 0.6) is 0 Å². The van der Waals surface area contributed by atoms with Crippen LogP contribution in [0.4, 0.5) is 10.1 Å². The molecule has 1 aliphatic heterocycles. The fourth-order valence-electron chi connectivity index (χ4n) is 2.66. The van der Waals surface area contributed by atoms with E-state index >= 15 is 0 Å². The molecule has 0 unspecified atom stereocenters. The Morgan fingerprint density at radius 1 is 1.43 bits per heavy atom. The van der Waals surface area contributed by atoms with Crippen molar-refractivity contribution in [3.05, 3.63) is 23.5 Å². The number of rotatable bonds is 4. The third-order valence-corrected chi connectivity index (χ3v) is 3.87. The molecule has 2 heterocycles. The van der Waals surface area contributed by atoms with Crippen LogP contribution < -0.4 is 4.90 Å². The summed E-state index contributed by atoms with van der Waals surface area (Å²) in [4.78, 5) is 8.90. The molecule has 118 valence electrons. The van der Waals surface area contributed by atoms with Gasteiger partial charge in [-0.25, -0.2) is 4.39 Å². The Balaban J connectivity index is 2.29. The van der Waals surface area contributed by atoms with Crippen molar-refractivity contribution in [2.45, 2.75) is 45.0 Å². The molecule has 0 aliphatic carbocycles. The number of hydrogen-bond acceptors (Lipinski definition) is 4. The van der Waals surface area contributed by atoms with Crippen LogP contribution in [-0.2, 0) is 6.54 Å². The van der Waals surface area contributed by atoms with Crippen molar-refractivity contribution in [2.75, 3.05) is 32.1 Å². The molecule has 5 heteroatoms. The first-order chi connectivity index (χ1) is 9.88. The molecular weight excluding hydrogens is 269 g/mol. The molecule has 1 N–H and O–H groups in total. The van der Waals surface area contributed by atoms with Crippen LogP contribution in [0.15, 0.2) is 12.1 Å². The Morgan fingerprint density at radius 2 is 2.14 bits per heavy atom. The fourth-order valence-corrected chi connectivity index (χ4v) is 2.66. The van der Waals surface area contributed by atoms with Gasteiger partial charge in [0.05, 0.1) is 11.4 Å². The second-order valence-corrected chi connectivity index (χ2v) is 6.41. The van der Waals surface area contributed by atoms with Gasteiger partial charge in [0.2, 0.25) is 0 Å². The summed E-state index contributed by atoms with van der Waals surface area (Å²) in [6.07, 6.45) is -1.65. The lowest BCUT2D eigenvalue weighted by molar-refractivity contribution is 0.0644. The van der Waals surface area contributed by atoms with E-state index in [0.717, 1.165) is 23.6 Å². The lowest BCUT2D eigenvalue weighted by atomic mass is 10.0. The molecule has 0 spiro atoms. The van der Waals surface area contributed by atoms with Gasteiger partial charge in [-0.15, -0.1) is 0 Å². The molecule has 1 fully saturated rings. The number of hydrogen-bond donors (Lipinski definition) is 1. The summed E-state index contributed by atoms with van der Waals surface area (Å²) in [6, 6.07) is 4.10. The zero-order valence-electron chi connectivity index (χ0n) is 13.4. The molecule has 1 aromatic rings. The number of halogens is 1.